The zero-order valence-corrected chi connectivity index (χ0v) is 14.3. The second-order valence-corrected chi connectivity index (χ2v) is 6.00. The second kappa shape index (κ2) is 7.29. The van der Waals surface area contributed by atoms with Gasteiger partial charge in [0.2, 0.25) is 11.7 Å². The molecule has 144 valence electrons. The number of likely N-dealkylation sites (tertiary alicyclic amines) is 1. The Morgan fingerprint density at radius 3 is 2.93 bits per heavy atom. The molecule has 0 amide bonds. The third-order valence-electron chi connectivity index (χ3n) is 4.19. The van der Waals surface area contributed by atoms with Gasteiger partial charge in [0.25, 0.3) is 0 Å². The Bertz CT molecular complexity index is 849. The van der Waals surface area contributed by atoms with Gasteiger partial charge in [-0.2, -0.15) is 18.2 Å². The van der Waals surface area contributed by atoms with E-state index < -0.39 is 11.7 Å². The van der Waals surface area contributed by atoms with Crippen molar-refractivity contribution < 1.29 is 22.4 Å². The summed E-state index contributed by atoms with van der Waals surface area (Å²) >= 11 is 0. The van der Waals surface area contributed by atoms with Crippen LogP contribution in [-0.4, -0.2) is 34.2 Å². The van der Waals surface area contributed by atoms with E-state index in [0.29, 0.717) is 13.0 Å². The fourth-order valence-electron chi connectivity index (χ4n) is 2.96. The molecule has 10 heteroatoms. The van der Waals surface area contributed by atoms with Crippen molar-refractivity contribution >= 4 is 5.96 Å². The number of alkyl halides is 3. The van der Waals surface area contributed by atoms with E-state index in [1.165, 1.54) is 18.2 Å². The molecule has 0 saturated carbocycles. The van der Waals surface area contributed by atoms with Crippen LogP contribution in [0.15, 0.2) is 35.4 Å². The maximum absolute atomic E-state index is 13.3. The van der Waals surface area contributed by atoms with E-state index in [4.69, 9.17) is 20.4 Å². The molecule has 1 aliphatic heterocycles. The molecule has 2 heterocycles. The lowest BCUT2D eigenvalue weighted by Crippen LogP contribution is -2.35. The van der Waals surface area contributed by atoms with Crippen LogP contribution in [0.25, 0.3) is 11.4 Å². The number of benzene rings is 1. The standard InChI is InChI=1S/C17H18F3N5O2/c1-2-8-26-13-6-5-10(9-11(13)17(18,19)20)14-23-15(27-24-14)12-4-3-7-25(12)16(21)22/h2,5-6,9,12H,1,3-4,7-8H2,(H3,21,22)/t12-/m0/s1. The summed E-state index contributed by atoms with van der Waals surface area (Å²) in [4.78, 5) is 5.83. The first-order chi connectivity index (χ1) is 12.8. The monoisotopic (exact) mass is 381 g/mol. The average molecular weight is 381 g/mol. The quantitative estimate of drug-likeness (QED) is 0.468. The molecule has 27 heavy (non-hydrogen) atoms. The molecule has 3 rings (SSSR count). The lowest BCUT2D eigenvalue weighted by molar-refractivity contribution is -0.138. The molecule has 0 unspecified atom stereocenters. The van der Waals surface area contributed by atoms with Gasteiger partial charge < -0.3 is 19.9 Å². The van der Waals surface area contributed by atoms with Crippen LogP contribution in [0.3, 0.4) is 0 Å². The van der Waals surface area contributed by atoms with Crippen LogP contribution in [0.1, 0.15) is 30.3 Å². The normalized spacial score (nSPS) is 17.1. The van der Waals surface area contributed by atoms with E-state index in [-0.39, 0.29) is 41.6 Å². The SMILES string of the molecule is C=CCOc1ccc(-c2noc([C@@H]3CCCN3C(=N)N)n2)cc1C(F)(F)F. The average Bonchev–Trinajstić information content (AvgIpc) is 3.27. The second-order valence-electron chi connectivity index (χ2n) is 6.00. The molecule has 3 N–H and O–H groups in total. The summed E-state index contributed by atoms with van der Waals surface area (Å²) in [5.41, 5.74) is 4.76. The van der Waals surface area contributed by atoms with Crippen LogP contribution >= 0.6 is 0 Å². The highest BCUT2D eigenvalue weighted by Gasteiger charge is 2.36. The first-order valence-electron chi connectivity index (χ1n) is 8.21. The minimum atomic E-state index is -4.60. The Morgan fingerprint density at radius 2 is 2.26 bits per heavy atom. The molecule has 0 aliphatic carbocycles. The number of guanidine groups is 1. The van der Waals surface area contributed by atoms with Crippen molar-refractivity contribution in [3.05, 3.63) is 42.3 Å². The van der Waals surface area contributed by atoms with Crippen LogP contribution in [0.2, 0.25) is 0 Å². The van der Waals surface area contributed by atoms with E-state index in [2.05, 4.69) is 16.7 Å². The molecule has 1 atom stereocenters. The zero-order chi connectivity index (χ0) is 19.6. The van der Waals surface area contributed by atoms with Crippen molar-refractivity contribution in [3.63, 3.8) is 0 Å². The van der Waals surface area contributed by atoms with Gasteiger partial charge in [-0.15, -0.1) is 0 Å². The highest BCUT2D eigenvalue weighted by atomic mass is 19.4. The fourth-order valence-corrected chi connectivity index (χ4v) is 2.96. The van der Waals surface area contributed by atoms with Crippen molar-refractivity contribution in [3.8, 4) is 17.1 Å². The molecule has 0 spiro atoms. The first kappa shape index (κ1) is 18.7. The predicted molar refractivity (Wildman–Crippen MR) is 91.0 cm³/mol. The lowest BCUT2D eigenvalue weighted by Gasteiger charge is -2.21. The molecule has 7 nitrogen and oxygen atoms in total. The van der Waals surface area contributed by atoms with E-state index in [0.717, 1.165) is 12.5 Å². The van der Waals surface area contributed by atoms with E-state index in [1.54, 1.807) is 4.90 Å². The number of nitrogens with zero attached hydrogens (tertiary/aromatic N) is 3. The molecular formula is C17H18F3N5O2. The number of halogens is 3. The lowest BCUT2D eigenvalue weighted by atomic mass is 10.1. The van der Waals surface area contributed by atoms with Gasteiger partial charge in [-0.25, -0.2) is 0 Å². The van der Waals surface area contributed by atoms with Gasteiger partial charge in [-0.3, -0.25) is 5.41 Å². The van der Waals surface area contributed by atoms with Crippen molar-refractivity contribution in [2.75, 3.05) is 13.2 Å². The van der Waals surface area contributed by atoms with E-state index in [9.17, 15) is 13.2 Å². The first-order valence-corrected chi connectivity index (χ1v) is 8.21. The summed E-state index contributed by atoms with van der Waals surface area (Å²) in [6, 6.07) is 3.22. The number of rotatable bonds is 5. The molecule has 1 fully saturated rings. The summed E-state index contributed by atoms with van der Waals surface area (Å²) in [6.07, 6.45) is -1.77. The van der Waals surface area contributed by atoms with Crippen molar-refractivity contribution in [2.24, 2.45) is 5.73 Å². The number of nitrogens with one attached hydrogen (secondary N) is 1. The number of ether oxygens (including phenoxy) is 1. The van der Waals surface area contributed by atoms with Gasteiger partial charge in [-0.05, 0) is 31.0 Å². The Morgan fingerprint density at radius 1 is 1.48 bits per heavy atom. The summed E-state index contributed by atoms with van der Waals surface area (Å²) in [7, 11) is 0. The Labute approximate surface area is 153 Å². The number of hydrogen-bond acceptors (Lipinski definition) is 5. The molecule has 1 aromatic carbocycles. The molecule has 0 radical (unpaired) electrons. The van der Waals surface area contributed by atoms with Crippen LogP contribution in [0.4, 0.5) is 13.2 Å². The smallest absolute Gasteiger partial charge is 0.419 e. The third-order valence-corrected chi connectivity index (χ3v) is 4.19. The van der Waals surface area contributed by atoms with Gasteiger partial charge in [-0.1, -0.05) is 17.8 Å². The van der Waals surface area contributed by atoms with Crippen LogP contribution in [-0.2, 0) is 6.18 Å². The minimum absolute atomic E-state index is 0.0289. The highest BCUT2D eigenvalue weighted by Crippen LogP contribution is 2.39. The van der Waals surface area contributed by atoms with Crippen LogP contribution < -0.4 is 10.5 Å². The summed E-state index contributed by atoms with van der Waals surface area (Å²) in [5, 5.41) is 11.4. The van der Waals surface area contributed by atoms with E-state index in [1.807, 2.05) is 0 Å². The number of hydrogen-bond donors (Lipinski definition) is 2. The van der Waals surface area contributed by atoms with E-state index >= 15 is 0 Å². The summed E-state index contributed by atoms with van der Waals surface area (Å²) in [6.45, 7) is 3.97. The molecular weight excluding hydrogens is 363 g/mol. The Hall–Kier alpha value is -3.04. The molecule has 1 aliphatic rings. The largest absolute Gasteiger partial charge is 0.489 e. The number of nitrogens with two attached hydrogens (primary N) is 1. The molecule has 1 saturated heterocycles. The van der Waals surface area contributed by atoms with Gasteiger partial charge in [0.05, 0.1) is 5.56 Å². The van der Waals surface area contributed by atoms with Crippen molar-refractivity contribution in [1.82, 2.24) is 15.0 Å². The van der Waals surface area contributed by atoms with Crippen LogP contribution in [0.5, 0.6) is 5.75 Å². The Balaban J connectivity index is 1.92. The van der Waals surface area contributed by atoms with Gasteiger partial charge in [0.1, 0.15) is 18.4 Å². The predicted octanol–water partition coefficient (Wildman–Crippen LogP) is 3.35. The molecule has 0 bridgehead atoms. The molecule has 1 aromatic heterocycles. The van der Waals surface area contributed by atoms with Crippen molar-refractivity contribution in [2.45, 2.75) is 25.1 Å². The van der Waals surface area contributed by atoms with Gasteiger partial charge >= 0.3 is 6.18 Å². The molecule has 2 aromatic rings. The van der Waals surface area contributed by atoms with Crippen LogP contribution in [0, 0.1) is 5.41 Å². The third kappa shape index (κ3) is 3.88. The fraction of sp³-hybridized carbons (Fsp3) is 0.353. The highest BCUT2D eigenvalue weighted by molar-refractivity contribution is 5.75. The van der Waals surface area contributed by atoms with Gasteiger partial charge in [0.15, 0.2) is 5.96 Å². The Kier molecular flexibility index (Phi) is 5.06. The summed E-state index contributed by atoms with van der Waals surface area (Å²) in [5.74, 6) is -0.159. The maximum atomic E-state index is 13.3. The minimum Gasteiger partial charge on any atom is -0.489 e. The number of aromatic nitrogens is 2. The summed E-state index contributed by atoms with van der Waals surface area (Å²) < 4.78 is 50.4. The zero-order valence-electron chi connectivity index (χ0n) is 14.3. The maximum Gasteiger partial charge on any atom is 0.419 e. The topological polar surface area (TPSA) is 101 Å². The van der Waals surface area contributed by atoms with Gasteiger partial charge in [0, 0.05) is 12.1 Å². The van der Waals surface area contributed by atoms with Crippen molar-refractivity contribution in [1.29, 1.82) is 5.41 Å².